The fourth-order valence-corrected chi connectivity index (χ4v) is 2.45. The number of rotatable bonds is 4. The minimum Gasteiger partial charge on any atom is -0.451 e. The zero-order valence-corrected chi connectivity index (χ0v) is 13.4. The highest BCUT2D eigenvalue weighted by Gasteiger charge is 2.17. The number of aryl methyl sites for hydroxylation is 1. The van der Waals surface area contributed by atoms with Crippen molar-refractivity contribution >= 4 is 16.9 Å². The van der Waals surface area contributed by atoms with Crippen LogP contribution in [0.25, 0.3) is 22.3 Å². The number of fused-ring (bicyclic) bond motifs is 1. The van der Waals surface area contributed by atoms with Crippen molar-refractivity contribution in [3.05, 3.63) is 65.7 Å². The number of ether oxygens (including phenoxy) is 1. The number of carbonyl (C=O) groups excluding carboxylic acids is 1. The number of hydrogen-bond acceptors (Lipinski definition) is 6. The van der Waals surface area contributed by atoms with Crippen LogP contribution in [0.4, 0.5) is 0 Å². The third kappa shape index (κ3) is 2.99. The van der Waals surface area contributed by atoms with E-state index in [0.717, 1.165) is 16.6 Å². The average molecular weight is 334 g/mol. The number of aromatic nitrogens is 4. The second-order valence-corrected chi connectivity index (χ2v) is 5.57. The van der Waals surface area contributed by atoms with Crippen LogP contribution in [0, 0.1) is 6.92 Å². The van der Waals surface area contributed by atoms with Crippen molar-refractivity contribution < 1.29 is 14.1 Å². The molecular weight excluding hydrogens is 320 g/mol. The molecule has 2 aromatic carbocycles. The van der Waals surface area contributed by atoms with Gasteiger partial charge in [0.15, 0.2) is 12.3 Å². The predicted octanol–water partition coefficient (Wildman–Crippen LogP) is 3.28. The maximum absolute atomic E-state index is 12.2. The zero-order valence-electron chi connectivity index (χ0n) is 13.4. The fraction of sp³-hybridized carbons (Fsp3) is 0.111. The highest BCUT2D eigenvalue weighted by atomic mass is 16.6. The first-order valence-electron chi connectivity index (χ1n) is 7.70. The summed E-state index contributed by atoms with van der Waals surface area (Å²) in [6.07, 6.45) is 0. The Kier molecular flexibility index (Phi) is 3.74. The van der Waals surface area contributed by atoms with E-state index in [-0.39, 0.29) is 18.2 Å². The summed E-state index contributed by atoms with van der Waals surface area (Å²) in [5, 5.41) is 11.4. The van der Waals surface area contributed by atoms with Crippen LogP contribution >= 0.6 is 0 Å². The summed E-state index contributed by atoms with van der Waals surface area (Å²) in [6.45, 7) is 1.89. The monoisotopic (exact) mass is 334 g/mol. The molecule has 2 heterocycles. The van der Waals surface area contributed by atoms with E-state index in [1.807, 2.05) is 49.4 Å². The molecule has 0 saturated carbocycles. The highest BCUT2D eigenvalue weighted by Crippen LogP contribution is 2.18. The summed E-state index contributed by atoms with van der Waals surface area (Å²) in [5.74, 6) is 0.132. The smallest absolute Gasteiger partial charge is 0.359 e. The van der Waals surface area contributed by atoms with Gasteiger partial charge in [0.1, 0.15) is 0 Å². The molecule has 7 heteroatoms. The van der Waals surface area contributed by atoms with Crippen molar-refractivity contribution in [2.45, 2.75) is 13.5 Å². The summed E-state index contributed by atoms with van der Waals surface area (Å²) < 4.78 is 10.4. The quantitative estimate of drug-likeness (QED) is 0.576. The van der Waals surface area contributed by atoms with E-state index >= 15 is 0 Å². The summed E-state index contributed by atoms with van der Waals surface area (Å²) in [7, 11) is 0. The van der Waals surface area contributed by atoms with Crippen LogP contribution in [0.15, 0.2) is 53.1 Å². The largest absolute Gasteiger partial charge is 0.451 e. The van der Waals surface area contributed by atoms with E-state index in [2.05, 4.69) is 20.3 Å². The van der Waals surface area contributed by atoms with Crippen LogP contribution in [0.2, 0.25) is 0 Å². The van der Waals surface area contributed by atoms with Gasteiger partial charge in [-0.2, -0.15) is 10.1 Å². The van der Waals surface area contributed by atoms with Gasteiger partial charge in [0.25, 0.3) is 5.89 Å². The van der Waals surface area contributed by atoms with Crippen molar-refractivity contribution in [3.63, 3.8) is 0 Å². The van der Waals surface area contributed by atoms with Gasteiger partial charge in [0.05, 0.1) is 5.52 Å². The number of nitrogens with one attached hydrogen (secondary N) is 1. The van der Waals surface area contributed by atoms with Gasteiger partial charge in [-0.15, -0.1) is 0 Å². The molecule has 1 N–H and O–H groups in total. The number of benzene rings is 2. The molecule has 0 radical (unpaired) electrons. The van der Waals surface area contributed by atoms with E-state index in [9.17, 15) is 4.79 Å². The first kappa shape index (κ1) is 15.1. The third-order valence-electron chi connectivity index (χ3n) is 3.77. The predicted molar refractivity (Wildman–Crippen MR) is 89.7 cm³/mol. The molecule has 0 unspecified atom stereocenters. The Morgan fingerprint density at radius 1 is 1.16 bits per heavy atom. The van der Waals surface area contributed by atoms with Gasteiger partial charge in [-0.25, -0.2) is 4.79 Å². The zero-order chi connectivity index (χ0) is 17.2. The van der Waals surface area contributed by atoms with E-state index in [1.165, 1.54) is 0 Å². The lowest BCUT2D eigenvalue weighted by molar-refractivity contribution is 0.0425. The van der Waals surface area contributed by atoms with Crippen molar-refractivity contribution in [2.75, 3.05) is 0 Å². The van der Waals surface area contributed by atoms with Crippen LogP contribution < -0.4 is 0 Å². The van der Waals surface area contributed by atoms with Gasteiger partial charge in [-0.3, -0.25) is 5.10 Å². The van der Waals surface area contributed by atoms with Crippen LogP contribution in [0.5, 0.6) is 0 Å². The molecule has 0 aliphatic heterocycles. The number of hydrogen-bond donors (Lipinski definition) is 1. The number of nitrogens with zero attached hydrogens (tertiary/aromatic N) is 3. The summed E-state index contributed by atoms with van der Waals surface area (Å²) in [6, 6.07) is 15.1. The second-order valence-electron chi connectivity index (χ2n) is 5.57. The molecule has 0 atom stereocenters. The fourth-order valence-electron chi connectivity index (χ4n) is 2.45. The summed E-state index contributed by atoms with van der Waals surface area (Å²) in [5.41, 5.74) is 2.99. The van der Waals surface area contributed by atoms with E-state index in [0.29, 0.717) is 11.2 Å². The lowest BCUT2D eigenvalue weighted by Gasteiger charge is -1.99. The van der Waals surface area contributed by atoms with Crippen LogP contribution in [-0.2, 0) is 11.3 Å². The van der Waals surface area contributed by atoms with Gasteiger partial charge in [0, 0.05) is 10.9 Å². The molecule has 0 amide bonds. The average Bonchev–Trinajstić information content (AvgIpc) is 3.27. The Morgan fingerprint density at radius 2 is 1.96 bits per heavy atom. The Labute approximate surface area is 142 Å². The molecule has 0 aliphatic rings. The molecule has 7 nitrogen and oxygen atoms in total. The maximum Gasteiger partial charge on any atom is 0.359 e. The Balaban J connectivity index is 1.46. The van der Waals surface area contributed by atoms with Crippen LogP contribution in [-0.4, -0.2) is 26.3 Å². The van der Waals surface area contributed by atoms with Crippen LogP contribution in [0.1, 0.15) is 21.9 Å². The lowest BCUT2D eigenvalue weighted by Crippen LogP contribution is -2.06. The normalized spacial score (nSPS) is 10.9. The molecule has 4 aromatic rings. The molecule has 0 fully saturated rings. The topological polar surface area (TPSA) is 93.9 Å². The number of aromatic amines is 1. The molecule has 0 aliphatic carbocycles. The molecule has 124 valence electrons. The van der Waals surface area contributed by atoms with Gasteiger partial charge >= 0.3 is 5.97 Å². The summed E-state index contributed by atoms with van der Waals surface area (Å²) in [4.78, 5) is 16.5. The van der Waals surface area contributed by atoms with Gasteiger partial charge in [-0.1, -0.05) is 53.2 Å². The maximum atomic E-state index is 12.2. The highest BCUT2D eigenvalue weighted by molar-refractivity contribution is 6.01. The minimum absolute atomic E-state index is 0.112. The molecular formula is C18H14N4O3. The van der Waals surface area contributed by atoms with E-state index in [4.69, 9.17) is 9.26 Å². The Bertz CT molecular complexity index is 1030. The van der Waals surface area contributed by atoms with E-state index in [1.54, 1.807) is 6.07 Å². The first-order chi connectivity index (χ1) is 12.2. The van der Waals surface area contributed by atoms with Gasteiger partial charge in [0.2, 0.25) is 5.82 Å². The van der Waals surface area contributed by atoms with Crippen molar-refractivity contribution in [1.82, 2.24) is 20.3 Å². The SMILES string of the molecule is Cc1ccc(-c2noc(COC(=O)c3n[nH]c4ccccc34)n2)cc1. The number of para-hydroxylation sites is 1. The summed E-state index contributed by atoms with van der Waals surface area (Å²) >= 11 is 0. The standard InChI is InChI=1S/C18H14N4O3/c1-11-6-8-12(9-7-11)17-19-15(25-22-17)10-24-18(23)16-13-4-2-3-5-14(13)20-21-16/h2-9H,10H2,1H3,(H,20,21). The van der Waals surface area contributed by atoms with Crippen molar-refractivity contribution in [3.8, 4) is 11.4 Å². The Hall–Kier alpha value is -3.48. The molecule has 2 aromatic heterocycles. The van der Waals surface area contributed by atoms with Crippen molar-refractivity contribution in [2.24, 2.45) is 0 Å². The van der Waals surface area contributed by atoms with Gasteiger partial charge in [-0.05, 0) is 13.0 Å². The molecule has 0 spiro atoms. The number of carbonyl (C=O) groups is 1. The Morgan fingerprint density at radius 3 is 2.80 bits per heavy atom. The van der Waals surface area contributed by atoms with Gasteiger partial charge < -0.3 is 9.26 Å². The lowest BCUT2D eigenvalue weighted by atomic mass is 10.1. The second kappa shape index (κ2) is 6.20. The van der Waals surface area contributed by atoms with E-state index < -0.39 is 5.97 Å². The van der Waals surface area contributed by atoms with Crippen LogP contribution in [0.3, 0.4) is 0 Å². The first-order valence-corrected chi connectivity index (χ1v) is 7.70. The third-order valence-corrected chi connectivity index (χ3v) is 3.77. The molecule has 0 saturated heterocycles. The number of H-pyrrole nitrogens is 1. The minimum atomic E-state index is -0.549. The molecule has 4 rings (SSSR count). The molecule has 25 heavy (non-hydrogen) atoms. The van der Waals surface area contributed by atoms with Crippen molar-refractivity contribution in [1.29, 1.82) is 0 Å². The molecule has 0 bridgehead atoms. The number of esters is 1.